The minimum atomic E-state index is 0.0728. The molecule has 0 bridgehead atoms. The van der Waals surface area contributed by atoms with Crippen LogP contribution in [0.5, 0.6) is 11.6 Å². The molecule has 0 saturated carbocycles. The molecule has 2 aromatic rings. The molecule has 0 spiro atoms. The van der Waals surface area contributed by atoms with Gasteiger partial charge in [0.1, 0.15) is 5.75 Å². The second kappa shape index (κ2) is 6.20. The van der Waals surface area contributed by atoms with Crippen LogP contribution in [0.4, 0.5) is 0 Å². The molecule has 2 rings (SSSR count). The van der Waals surface area contributed by atoms with Gasteiger partial charge in [0.15, 0.2) is 0 Å². The molecular weight excluding hydrogens is 330 g/mol. The average molecular weight is 352 g/mol. The molecule has 1 aromatic carbocycles. The lowest BCUT2D eigenvalue weighted by molar-refractivity contribution is 0.424. The zero-order chi connectivity index (χ0) is 15.7. The van der Waals surface area contributed by atoms with Crippen LogP contribution < -0.4 is 10.5 Å². The summed E-state index contributed by atoms with van der Waals surface area (Å²) in [6.07, 6.45) is 0.753. The highest BCUT2D eigenvalue weighted by Crippen LogP contribution is 2.32. The average Bonchev–Trinajstić information content (AvgIpc) is 2.62. The number of nitrogens with two attached hydrogens (primary N) is 1. The van der Waals surface area contributed by atoms with Crippen molar-refractivity contribution in [1.82, 2.24) is 9.78 Å². The number of aromatic nitrogens is 2. The van der Waals surface area contributed by atoms with Crippen molar-refractivity contribution in [2.45, 2.75) is 40.2 Å². The molecule has 114 valence electrons. The highest BCUT2D eigenvalue weighted by Gasteiger charge is 2.17. The third kappa shape index (κ3) is 3.47. The van der Waals surface area contributed by atoms with Gasteiger partial charge in [0, 0.05) is 23.1 Å². The van der Waals surface area contributed by atoms with Gasteiger partial charge in [0.05, 0.1) is 5.69 Å². The van der Waals surface area contributed by atoms with Gasteiger partial charge in [-0.15, -0.1) is 0 Å². The SMILES string of the molecule is Cc1cc(Oc2c(CC(C)N)c(C)nn2C)cc(C)c1Br. The number of halogens is 1. The molecule has 5 heteroatoms. The highest BCUT2D eigenvalue weighted by atomic mass is 79.9. The van der Waals surface area contributed by atoms with Gasteiger partial charge in [-0.1, -0.05) is 15.9 Å². The van der Waals surface area contributed by atoms with E-state index in [4.69, 9.17) is 10.5 Å². The summed E-state index contributed by atoms with van der Waals surface area (Å²) in [5.41, 5.74) is 10.3. The zero-order valence-corrected chi connectivity index (χ0v) is 14.8. The first-order valence-electron chi connectivity index (χ1n) is 7.02. The third-order valence-corrected chi connectivity index (χ3v) is 4.69. The lowest BCUT2D eigenvalue weighted by Gasteiger charge is -2.12. The van der Waals surface area contributed by atoms with Crippen LogP contribution in [-0.2, 0) is 13.5 Å². The Morgan fingerprint density at radius 3 is 2.38 bits per heavy atom. The van der Waals surface area contributed by atoms with Crippen LogP contribution in [0, 0.1) is 20.8 Å². The van der Waals surface area contributed by atoms with Gasteiger partial charge in [-0.3, -0.25) is 0 Å². The fraction of sp³-hybridized carbons (Fsp3) is 0.438. The standard InChI is InChI=1S/C16H22BrN3O/c1-9-6-13(7-10(2)15(9)17)21-16-14(8-11(3)18)12(4)19-20(16)5/h6-7,11H,8,18H2,1-5H3. The summed E-state index contributed by atoms with van der Waals surface area (Å²) in [6, 6.07) is 4.12. The van der Waals surface area contributed by atoms with Gasteiger partial charge in [-0.05, 0) is 57.4 Å². The van der Waals surface area contributed by atoms with Crippen LogP contribution in [0.2, 0.25) is 0 Å². The summed E-state index contributed by atoms with van der Waals surface area (Å²) >= 11 is 3.57. The molecule has 21 heavy (non-hydrogen) atoms. The largest absolute Gasteiger partial charge is 0.439 e. The second-order valence-electron chi connectivity index (χ2n) is 5.65. The molecule has 2 N–H and O–H groups in total. The maximum absolute atomic E-state index is 6.10. The summed E-state index contributed by atoms with van der Waals surface area (Å²) in [6.45, 7) is 8.09. The van der Waals surface area contributed by atoms with Gasteiger partial charge in [0.25, 0.3) is 0 Å². The van der Waals surface area contributed by atoms with Gasteiger partial charge in [0.2, 0.25) is 5.88 Å². The van der Waals surface area contributed by atoms with Gasteiger partial charge < -0.3 is 10.5 Å². The molecule has 0 fully saturated rings. The highest BCUT2D eigenvalue weighted by molar-refractivity contribution is 9.10. The number of ether oxygens (including phenoxy) is 1. The van der Waals surface area contributed by atoms with Crippen molar-refractivity contribution in [1.29, 1.82) is 0 Å². The number of hydrogen-bond acceptors (Lipinski definition) is 3. The molecule has 0 aliphatic carbocycles. The van der Waals surface area contributed by atoms with Gasteiger partial charge >= 0.3 is 0 Å². The molecule has 1 atom stereocenters. The maximum atomic E-state index is 6.10. The summed E-state index contributed by atoms with van der Waals surface area (Å²) in [7, 11) is 1.89. The van der Waals surface area contributed by atoms with Crippen LogP contribution >= 0.6 is 15.9 Å². The number of rotatable bonds is 4. The maximum Gasteiger partial charge on any atom is 0.221 e. The van der Waals surface area contributed by atoms with E-state index in [-0.39, 0.29) is 6.04 Å². The van der Waals surface area contributed by atoms with E-state index < -0.39 is 0 Å². The van der Waals surface area contributed by atoms with E-state index in [1.165, 1.54) is 0 Å². The Morgan fingerprint density at radius 1 is 1.29 bits per heavy atom. The first kappa shape index (κ1) is 16.0. The quantitative estimate of drug-likeness (QED) is 0.911. The minimum absolute atomic E-state index is 0.0728. The van der Waals surface area contributed by atoms with Crippen LogP contribution in [-0.4, -0.2) is 15.8 Å². The van der Waals surface area contributed by atoms with Crippen molar-refractivity contribution in [2.75, 3.05) is 0 Å². The minimum Gasteiger partial charge on any atom is -0.439 e. The summed E-state index contributed by atoms with van der Waals surface area (Å²) in [5.74, 6) is 1.59. The third-order valence-electron chi connectivity index (χ3n) is 3.44. The smallest absolute Gasteiger partial charge is 0.221 e. The van der Waals surface area contributed by atoms with Crippen molar-refractivity contribution in [2.24, 2.45) is 12.8 Å². The fourth-order valence-corrected chi connectivity index (χ4v) is 2.67. The number of nitrogens with zero attached hydrogens (tertiary/aromatic N) is 2. The van der Waals surface area contributed by atoms with E-state index in [0.29, 0.717) is 0 Å². The molecule has 1 unspecified atom stereocenters. The molecule has 0 radical (unpaired) electrons. The first-order chi connectivity index (χ1) is 9.79. The van der Waals surface area contributed by atoms with Crippen molar-refractivity contribution in [3.8, 4) is 11.6 Å². The summed E-state index contributed by atoms with van der Waals surface area (Å²) < 4.78 is 9.00. The lowest BCUT2D eigenvalue weighted by Crippen LogP contribution is -2.18. The van der Waals surface area contributed by atoms with E-state index in [1.807, 2.05) is 33.0 Å². The zero-order valence-electron chi connectivity index (χ0n) is 13.2. The Kier molecular flexibility index (Phi) is 4.74. The fourth-order valence-electron chi connectivity index (χ4n) is 2.44. The Morgan fingerprint density at radius 2 is 1.86 bits per heavy atom. The molecule has 1 aromatic heterocycles. The summed E-state index contributed by atoms with van der Waals surface area (Å²) in [4.78, 5) is 0. The van der Waals surface area contributed by atoms with E-state index in [1.54, 1.807) is 4.68 Å². The summed E-state index contributed by atoms with van der Waals surface area (Å²) in [5, 5.41) is 4.45. The van der Waals surface area contributed by atoms with Crippen molar-refractivity contribution in [3.63, 3.8) is 0 Å². The van der Waals surface area contributed by atoms with Crippen molar-refractivity contribution < 1.29 is 4.74 Å². The van der Waals surface area contributed by atoms with E-state index >= 15 is 0 Å². The number of hydrogen-bond donors (Lipinski definition) is 1. The Balaban J connectivity index is 2.40. The molecule has 0 amide bonds. The molecule has 1 heterocycles. The monoisotopic (exact) mass is 351 g/mol. The Hall–Kier alpha value is -1.33. The van der Waals surface area contributed by atoms with Gasteiger partial charge in [-0.2, -0.15) is 5.10 Å². The topological polar surface area (TPSA) is 53.1 Å². The van der Waals surface area contributed by atoms with Crippen molar-refractivity contribution >= 4 is 15.9 Å². The van der Waals surface area contributed by atoms with E-state index in [0.717, 1.165) is 44.9 Å². The molecular formula is C16H22BrN3O. The molecule has 0 saturated heterocycles. The van der Waals surface area contributed by atoms with E-state index in [2.05, 4.69) is 34.9 Å². The molecule has 0 aliphatic heterocycles. The second-order valence-corrected chi connectivity index (χ2v) is 6.44. The number of aryl methyl sites for hydroxylation is 4. The predicted molar refractivity (Wildman–Crippen MR) is 89.0 cm³/mol. The van der Waals surface area contributed by atoms with Crippen molar-refractivity contribution in [3.05, 3.63) is 39.0 Å². The van der Waals surface area contributed by atoms with Crippen LogP contribution in [0.25, 0.3) is 0 Å². The van der Waals surface area contributed by atoms with Gasteiger partial charge in [-0.25, -0.2) is 4.68 Å². The van der Waals surface area contributed by atoms with E-state index in [9.17, 15) is 0 Å². The molecule has 4 nitrogen and oxygen atoms in total. The predicted octanol–water partition coefficient (Wildman–Crippen LogP) is 3.79. The Bertz CT molecular complexity index is 639. The van der Waals surface area contributed by atoms with Crippen LogP contribution in [0.3, 0.4) is 0 Å². The normalized spacial score (nSPS) is 12.5. The Labute approximate surface area is 134 Å². The molecule has 0 aliphatic rings. The van der Waals surface area contributed by atoms with Crippen LogP contribution in [0.15, 0.2) is 16.6 Å². The van der Waals surface area contributed by atoms with Crippen LogP contribution in [0.1, 0.15) is 29.3 Å². The lowest BCUT2D eigenvalue weighted by atomic mass is 10.1. The number of benzene rings is 1. The first-order valence-corrected chi connectivity index (χ1v) is 7.81.